The maximum absolute atomic E-state index is 12.4. The average molecular weight is 332 g/mol. The van der Waals surface area contributed by atoms with Crippen molar-refractivity contribution in [1.82, 2.24) is 20.3 Å². The van der Waals surface area contributed by atoms with Crippen molar-refractivity contribution in [2.24, 2.45) is 0 Å². The molecule has 0 unspecified atom stereocenters. The molecule has 2 aromatic rings. The van der Waals surface area contributed by atoms with Crippen LogP contribution in [0.5, 0.6) is 5.75 Å². The summed E-state index contributed by atoms with van der Waals surface area (Å²) in [4.78, 5) is 24.1. The first-order chi connectivity index (χ1) is 11.3. The van der Waals surface area contributed by atoms with Crippen molar-refractivity contribution in [3.8, 4) is 11.4 Å². The number of nitrogens with zero attached hydrogens (tertiary/aromatic N) is 3. The SMILES string of the molecule is COC(=O)C(C)(C)NC(=O)c1nnn(-c2ccc(OC)cc2)c1C. The number of carbonyl (C=O) groups is 2. The van der Waals surface area contributed by atoms with Gasteiger partial charge in [-0.2, -0.15) is 0 Å². The van der Waals surface area contributed by atoms with Gasteiger partial charge in [0, 0.05) is 0 Å². The molecule has 0 aliphatic carbocycles. The van der Waals surface area contributed by atoms with Crippen LogP contribution >= 0.6 is 0 Å². The summed E-state index contributed by atoms with van der Waals surface area (Å²) in [6.07, 6.45) is 0. The molecule has 0 radical (unpaired) electrons. The third kappa shape index (κ3) is 3.37. The molecule has 0 aliphatic heterocycles. The quantitative estimate of drug-likeness (QED) is 0.828. The van der Waals surface area contributed by atoms with Gasteiger partial charge in [-0.1, -0.05) is 5.21 Å². The second kappa shape index (κ2) is 6.69. The summed E-state index contributed by atoms with van der Waals surface area (Å²) in [6, 6.07) is 7.19. The van der Waals surface area contributed by atoms with E-state index in [4.69, 9.17) is 4.74 Å². The zero-order valence-corrected chi connectivity index (χ0v) is 14.3. The normalized spacial score (nSPS) is 11.0. The van der Waals surface area contributed by atoms with Crippen LogP contribution in [0.4, 0.5) is 0 Å². The molecule has 2 rings (SSSR count). The van der Waals surface area contributed by atoms with Crippen LogP contribution in [0.2, 0.25) is 0 Å². The minimum absolute atomic E-state index is 0.141. The Labute approximate surface area is 139 Å². The van der Waals surface area contributed by atoms with Gasteiger partial charge in [0.15, 0.2) is 5.69 Å². The van der Waals surface area contributed by atoms with Crippen LogP contribution in [-0.4, -0.2) is 46.6 Å². The number of hydrogen-bond donors (Lipinski definition) is 1. The highest BCUT2D eigenvalue weighted by Crippen LogP contribution is 2.17. The molecule has 0 saturated carbocycles. The highest BCUT2D eigenvalue weighted by Gasteiger charge is 2.32. The number of nitrogens with one attached hydrogen (secondary N) is 1. The molecule has 0 bridgehead atoms. The van der Waals surface area contributed by atoms with E-state index in [1.54, 1.807) is 56.8 Å². The minimum atomic E-state index is -1.16. The van der Waals surface area contributed by atoms with E-state index in [2.05, 4.69) is 20.4 Å². The Kier molecular flexibility index (Phi) is 4.87. The molecule has 0 atom stereocenters. The van der Waals surface area contributed by atoms with Crippen molar-refractivity contribution in [2.75, 3.05) is 14.2 Å². The van der Waals surface area contributed by atoms with Crippen molar-refractivity contribution in [1.29, 1.82) is 0 Å². The van der Waals surface area contributed by atoms with Crippen molar-refractivity contribution < 1.29 is 19.1 Å². The van der Waals surface area contributed by atoms with Gasteiger partial charge in [-0.15, -0.1) is 5.10 Å². The molecule has 1 N–H and O–H groups in total. The van der Waals surface area contributed by atoms with Crippen molar-refractivity contribution in [3.63, 3.8) is 0 Å². The molecule has 0 aliphatic rings. The Balaban J connectivity index is 2.25. The standard InChI is InChI=1S/C16H20N4O4/c1-10-13(14(21)17-16(2,3)15(22)24-5)18-19-20(10)11-6-8-12(23-4)9-7-11/h6-9H,1-5H3,(H,17,21). The number of hydrogen-bond acceptors (Lipinski definition) is 6. The number of amides is 1. The number of ether oxygens (including phenoxy) is 2. The molecular formula is C16H20N4O4. The Morgan fingerprint density at radius 2 is 1.79 bits per heavy atom. The van der Waals surface area contributed by atoms with Gasteiger partial charge in [-0.05, 0) is 45.0 Å². The average Bonchev–Trinajstić information content (AvgIpc) is 2.95. The van der Waals surface area contributed by atoms with Gasteiger partial charge in [0.2, 0.25) is 0 Å². The Morgan fingerprint density at radius 3 is 2.33 bits per heavy atom. The summed E-state index contributed by atoms with van der Waals surface area (Å²) in [7, 11) is 2.85. The second-order valence-corrected chi connectivity index (χ2v) is 5.70. The van der Waals surface area contributed by atoms with E-state index in [1.807, 2.05) is 0 Å². The maximum atomic E-state index is 12.4. The molecule has 128 valence electrons. The summed E-state index contributed by atoms with van der Waals surface area (Å²) in [5.41, 5.74) is 0.274. The largest absolute Gasteiger partial charge is 0.497 e. The van der Waals surface area contributed by atoms with E-state index >= 15 is 0 Å². The van der Waals surface area contributed by atoms with Gasteiger partial charge >= 0.3 is 5.97 Å². The second-order valence-electron chi connectivity index (χ2n) is 5.70. The molecule has 1 aromatic heterocycles. The molecular weight excluding hydrogens is 312 g/mol. The van der Waals surface area contributed by atoms with Gasteiger partial charge in [0.1, 0.15) is 11.3 Å². The number of esters is 1. The molecule has 8 heteroatoms. The van der Waals surface area contributed by atoms with E-state index < -0.39 is 17.4 Å². The van der Waals surface area contributed by atoms with E-state index in [1.165, 1.54) is 7.11 Å². The van der Waals surface area contributed by atoms with E-state index in [9.17, 15) is 9.59 Å². The first kappa shape index (κ1) is 17.5. The van der Waals surface area contributed by atoms with Crippen LogP contribution in [0.1, 0.15) is 30.0 Å². The van der Waals surface area contributed by atoms with Crippen LogP contribution in [0.15, 0.2) is 24.3 Å². The van der Waals surface area contributed by atoms with Gasteiger partial charge in [0.25, 0.3) is 5.91 Å². The fourth-order valence-corrected chi connectivity index (χ4v) is 2.16. The number of rotatable bonds is 5. The minimum Gasteiger partial charge on any atom is -0.497 e. The zero-order valence-electron chi connectivity index (χ0n) is 14.3. The van der Waals surface area contributed by atoms with Crippen LogP contribution in [0, 0.1) is 6.92 Å². The number of aromatic nitrogens is 3. The van der Waals surface area contributed by atoms with E-state index in [0.29, 0.717) is 11.4 Å². The first-order valence-electron chi connectivity index (χ1n) is 7.28. The van der Waals surface area contributed by atoms with Gasteiger partial charge in [-0.25, -0.2) is 9.48 Å². The molecule has 0 fully saturated rings. The van der Waals surface area contributed by atoms with E-state index in [0.717, 1.165) is 5.69 Å². The van der Waals surface area contributed by atoms with Gasteiger partial charge in [0.05, 0.1) is 25.6 Å². The van der Waals surface area contributed by atoms with Crippen molar-refractivity contribution in [3.05, 3.63) is 35.7 Å². The summed E-state index contributed by atoms with van der Waals surface area (Å²) in [5.74, 6) is -0.326. The molecule has 1 amide bonds. The van der Waals surface area contributed by atoms with Crippen molar-refractivity contribution >= 4 is 11.9 Å². The summed E-state index contributed by atoms with van der Waals surface area (Å²) in [6.45, 7) is 4.84. The maximum Gasteiger partial charge on any atom is 0.330 e. The Morgan fingerprint density at radius 1 is 1.17 bits per heavy atom. The van der Waals surface area contributed by atoms with Crippen LogP contribution in [-0.2, 0) is 9.53 Å². The molecule has 8 nitrogen and oxygen atoms in total. The van der Waals surface area contributed by atoms with Gasteiger partial charge in [-0.3, -0.25) is 4.79 Å². The van der Waals surface area contributed by atoms with Gasteiger partial charge < -0.3 is 14.8 Å². The third-order valence-corrected chi connectivity index (χ3v) is 3.55. The lowest BCUT2D eigenvalue weighted by molar-refractivity contribution is -0.146. The molecule has 1 heterocycles. The highest BCUT2D eigenvalue weighted by atomic mass is 16.5. The number of carbonyl (C=O) groups excluding carboxylic acids is 2. The lowest BCUT2D eigenvalue weighted by Crippen LogP contribution is -2.50. The third-order valence-electron chi connectivity index (χ3n) is 3.55. The molecule has 24 heavy (non-hydrogen) atoms. The highest BCUT2D eigenvalue weighted by molar-refractivity contribution is 5.97. The molecule has 0 spiro atoms. The van der Waals surface area contributed by atoms with Crippen LogP contribution < -0.4 is 10.1 Å². The summed E-state index contributed by atoms with van der Waals surface area (Å²) in [5, 5.41) is 10.5. The number of benzene rings is 1. The zero-order chi connectivity index (χ0) is 17.9. The summed E-state index contributed by atoms with van der Waals surface area (Å²) >= 11 is 0. The van der Waals surface area contributed by atoms with Crippen LogP contribution in [0.3, 0.4) is 0 Å². The topological polar surface area (TPSA) is 95.3 Å². The summed E-state index contributed by atoms with van der Waals surface area (Å²) < 4.78 is 11.3. The predicted octanol–water partition coefficient (Wildman–Crippen LogP) is 1.27. The first-order valence-corrected chi connectivity index (χ1v) is 7.28. The van der Waals surface area contributed by atoms with Crippen molar-refractivity contribution in [2.45, 2.75) is 26.3 Å². The lowest BCUT2D eigenvalue weighted by Gasteiger charge is -2.22. The lowest BCUT2D eigenvalue weighted by atomic mass is 10.1. The smallest absolute Gasteiger partial charge is 0.330 e. The number of methoxy groups -OCH3 is 2. The molecule has 0 saturated heterocycles. The Hall–Kier alpha value is -2.90. The monoisotopic (exact) mass is 332 g/mol. The van der Waals surface area contributed by atoms with Crippen LogP contribution in [0.25, 0.3) is 5.69 Å². The molecule has 1 aromatic carbocycles. The fourth-order valence-electron chi connectivity index (χ4n) is 2.16. The Bertz CT molecular complexity index is 750. The van der Waals surface area contributed by atoms with E-state index in [-0.39, 0.29) is 5.69 Å². The fraction of sp³-hybridized carbons (Fsp3) is 0.375. The predicted molar refractivity (Wildman–Crippen MR) is 86.2 cm³/mol.